The van der Waals surface area contributed by atoms with Gasteiger partial charge in [-0.15, -0.1) is 0 Å². The third kappa shape index (κ3) is 3.92. The van der Waals surface area contributed by atoms with Crippen molar-refractivity contribution < 1.29 is 9.47 Å². The summed E-state index contributed by atoms with van der Waals surface area (Å²) in [5.41, 5.74) is 4.55. The normalized spacial score (nSPS) is 14.1. The molecule has 124 valence electrons. The summed E-state index contributed by atoms with van der Waals surface area (Å²) >= 11 is 0. The van der Waals surface area contributed by atoms with Crippen LogP contribution in [-0.4, -0.2) is 14.2 Å². The minimum atomic E-state index is 0.827. The zero-order valence-electron chi connectivity index (χ0n) is 14.5. The lowest BCUT2D eigenvalue weighted by molar-refractivity contribution is 0.413. The van der Waals surface area contributed by atoms with E-state index in [1.165, 1.54) is 36.8 Å². The molecule has 1 aliphatic rings. The number of aryl methyl sites for hydroxylation is 2. The van der Waals surface area contributed by atoms with E-state index in [1.54, 1.807) is 14.2 Å². The molecule has 0 unspecified atom stereocenters. The molecule has 0 aromatic heterocycles. The molecule has 4 bridgehead atoms. The van der Waals surface area contributed by atoms with Crippen LogP contribution in [0.15, 0.2) is 36.4 Å². The van der Waals surface area contributed by atoms with Gasteiger partial charge in [-0.3, -0.25) is 0 Å². The van der Waals surface area contributed by atoms with E-state index in [9.17, 15) is 0 Å². The van der Waals surface area contributed by atoms with E-state index >= 15 is 0 Å². The van der Waals surface area contributed by atoms with Crippen LogP contribution in [0.1, 0.15) is 47.9 Å². The lowest BCUT2D eigenvalue weighted by atomic mass is 9.99. The molecule has 2 aromatic rings. The Morgan fingerprint density at radius 2 is 1.12 bits per heavy atom. The van der Waals surface area contributed by atoms with Crippen LogP contribution in [0, 0.1) is 11.8 Å². The molecule has 0 atom stereocenters. The highest BCUT2D eigenvalue weighted by Crippen LogP contribution is 2.24. The second-order valence-electron chi connectivity index (χ2n) is 6.23. The van der Waals surface area contributed by atoms with E-state index in [-0.39, 0.29) is 0 Å². The predicted molar refractivity (Wildman–Crippen MR) is 97.8 cm³/mol. The SMILES string of the molecule is COc1ccc2cc1C#Cc1cc(ccc1OC)CCCCCC2. The first-order chi connectivity index (χ1) is 11.8. The highest BCUT2D eigenvalue weighted by molar-refractivity contribution is 5.55. The first-order valence-electron chi connectivity index (χ1n) is 8.66. The molecule has 3 rings (SSSR count). The molecule has 0 spiro atoms. The van der Waals surface area contributed by atoms with Crippen LogP contribution < -0.4 is 9.47 Å². The standard InChI is InChI=1S/C22H24O2/c1-23-21-13-9-17-7-5-3-4-6-8-18-10-14-22(24-2)20(16-18)12-11-19(21)15-17/h9-10,13-16H,3-8H2,1-2H3. The van der Waals surface area contributed by atoms with Crippen molar-refractivity contribution in [3.8, 4) is 23.3 Å². The Morgan fingerprint density at radius 1 is 0.667 bits per heavy atom. The number of benzene rings is 2. The third-order valence-electron chi connectivity index (χ3n) is 4.54. The maximum atomic E-state index is 5.47. The number of methoxy groups -OCH3 is 2. The predicted octanol–water partition coefficient (Wildman–Crippen LogP) is 4.76. The van der Waals surface area contributed by atoms with Crippen LogP contribution in [0.4, 0.5) is 0 Å². The molecule has 0 fully saturated rings. The summed E-state index contributed by atoms with van der Waals surface area (Å²) in [7, 11) is 3.39. The average Bonchev–Trinajstić information content (AvgIpc) is 2.62. The van der Waals surface area contributed by atoms with Gasteiger partial charge in [-0.05, 0) is 61.1 Å². The first-order valence-corrected chi connectivity index (χ1v) is 8.66. The molecule has 0 amide bonds. The fourth-order valence-electron chi connectivity index (χ4n) is 3.16. The van der Waals surface area contributed by atoms with Gasteiger partial charge in [0.2, 0.25) is 0 Å². The van der Waals surface area contributed by atoms with Crippen molar-refractivity contribution in [2.45, 2.75) is 38.5 Å². The number of ether oxygens (including phenoxy) is 2. The van der Waals surface area contributed by atoms with Gasteiger partial charge >= 0.3 is 0 Å². The smallest absolute Gasteiger partial charge is 0.134 e. The van der Waals surface area contributed by atoms with Crippen molar-refractivity contribution in [3.63, 3.8) is 0 Å². The molecule has 0 heterocycles. The molecule has 2 heteroatoms. The first kappa shape index (κ1) is 16.5. The topological polar surface area (TPSA) is 18.5 Å². The van der Waals surface area contributed by atoms with E-state index in [4.69, 9.17) is 9.47 Å². The van der Waals surface area contributed by atoms with E-state index in [1.807, 2.05) is 12.1 Å². The summed E-state index contributed by atoms with van der Waals surface area (Å²) in [6.07, 6.45) is 7.22. The molecule has 0 aliphatic heterocycles. The molecule has 2 aromatic carbocycles. The maximum Gasteiger partial charge on any atom is 0.134 e. The van der Waals surface area contributed by atoms with Gasteiger partial charge in [0.1, 0.15) is 11.5 Å². The quantitative estimate of drug-likeness (QED) is 0.743. The van der Waals surface area contributed by atoms with Crippen LogP contribution in [0.5, 0.6) is 11.5 Å². The average molecular weight is 320 g/mol. The summed E-state index contributed by atoms with van der Waals surface area (Å²) in [5, 5.41) is 0. The van der Waals surface area contributed by atoms with Gasteiger partial charge in [0, 0.05) is 0 Å². The number of hydrogen-bond acceptors (Lipinski definition) is 2. The summed E-state index contributed by atoms with van der Waals surface area (Å²) < 4.78 is 10.9. The molecule has 1 aliphatic carbocycles. The molecule has 0 radical (unpaired) electrons. The molecule has 24 heavy (non-hydrogen) atoms. The van der Waals surface area contributed by atoms with Crippen LogP contribution in [0.3, 0.4) is 0 Å². The van der Waals surface area contributed by atoms with Crippen LogP contribution in [-0.2, 0) is 12.8 Å². The third-order valence-corrected chi connectivity index (χ3v) is 4.54. The largest absolute Gasteiger partial charge is 0.495 e. The Kier molecular flexibility index (Phi) is 5.43. The molecule has 0 saturated heterocycles. The summed E-state index contributed by atoms with van der Waals surface area (Å²) in [5.74, 6) is 8.23. The van der Waals surface area contributed by atoms with Crippen LogP contribution >= 0.6 is 0 Å². The van der Waals surface area contributed by atoms with Gasteiger partial charge in [-0.25, -0.2) is 0 Å². The summed E-state index contributed by atoms with van der Waals surface area (Å²) in [4.78, 5) is 0. The number of fused-ring (bicyclic) bond motifs is 4. The van der Waals surface area contributed by atoms with E-state index < -0.39 is 0 Å². The van der Waals surface area contributed by atoms with Crippen molar-refractivity contribution in [1.29, 1.82) is 0 Å². The van der Waals surface area contributed by atoms with Crippen molar-refractivity contribution in [3.05, 3.63) is 58.7 Å². The Bertz CT molecular complexity index is 702. The monoisotopic (exact) mass is 320 g/mol. The van der Waals surface area contributed by atoms with E-state index in [0.717, 1.165) is 35.5 Å². The van der Waals surface area contributed by atoms with Crippen molar-refractivity contribution >= 4 is 0 Å². The summed E-state index contributed by atoms with van der Waals surface area (Å²) in [6.45, 7) is 0. The van der Waals surface area contributed by atoms with Gasteiger partial charge in [0.25, 0.3) is 0 Å². The van der Waals surface area contributed by atoms with Crippen molar-refractivity contribution in [2.75, 3.05) is 14.2 Å². The Labute approximate surface area is 144 Å². The second-order valence-corrected chi connectivity index (χ2v) is 6.23. The fourth-order valence-corrected chi connectivity index (χ4v) is 3.16. The van der Waals surface area contributed by atoms with Gasteiger partial charge < -0.3 is 9.47 Å². The van der Waals surface area contributed by atoms with Crippen LogP contribution in [0.2, 0.25) is 0 Å². The van der Waals surface area contributed by atoms with Gasteiger partial charge in [-0.2, -0.15) is 0 Å². The lowest BCUT2D eigenvalue weighted by Gasteiger charge is -2.09. The van der Waals surface area contributed by atoms with Crippen LogP contribution in [0.25, 0.3) is 0 Å². The van der Waals surface area contributed by atoms with E-state index in [2.05, 4.69) is 36.1 Å². The second kappa shape index (κ2) is 7.93. The Morgan fingerprint density at radius 3 is 1.54 bits per heavy atom. The minimum absolute atomic E-state index is 0.827. The Hall–Kier alpha value is -2.40. The molecular weight excluding hydrogens is 296 g/mol. The fraction of sp³-hybridized carbons (Fsp3) is 0.364. The highest BCUT2D eigenvalue weighted by Gasteiger charge is 2.06. The number of hydrogen-bond donors (Lipinski definition) is 0. The minimum Gasteiger partial charge on any atom is -0.495 e. The summed E-state index contributed by atoms with van der Waals surface area (Å²) in [6, 6.07) is 12.7. The van der Waals surface area contributed by atoms with E-state index in [0.29, 0.717) is 0 Å². The van der Waals surface area contributed by atoms with Crippen molar-refractivity contribution in [1.82, 2.24) is 0 Å². The molecule has 0 saturated carbocycles. The zero-order valence-corrected chi connectivity index (χ0v) is 14.5. The molecule has 2 nitrogen and oxygen atoms in total. The van der Waals surface area contributed by atoms with Gasteiger partial charge in [0.15, 0.2) is 0 Å². The zero-order chi connectivity index (χ0) is 16.8. The molecule has 0 N–H and O–H groups in total. The lowest BCUT2D eigenvalue weighted by Crippen LogP contribution is -1.95. The van der Waals surface area contributed by atoms with Gasteiger partial charge in [0.05, 0.1) is 25.3 Å². The molecular formula is C22H24O2. The maximum absolute atomic E-state index is 5.47. The van der Waals surface area contributed by atoms with Gasteiger partial charge in [-0.1, -0.05) is 36.8 Å². The Balaban J connectivity index is 2.06. The highest BCUT2D eigenvalue weighted by atomic mass is 16.5. The van der Waals surface area contributed by atoms with Crippen molar-refractivity contribution in [2.24, 2.45) is 0 Å². The number of rotatable bonds is 2.